The summed E-state index contributed by atoms with van der Waals surface area (Å²) in [7, 11) is 0. The number of ether oxygens (including phenoxy) is 1. The van der Waals surface area contributed by atoms with Crippen LogP contribution in [-0.2, 0) is 11.2 Å². The predicted octanol–water partition coefficient (Wildman–Crippen LogP) is 1.49. The average Bonchev–Trinajstić information content (AvgIpc) is 3.10. The van der Waals surface area contributed by atoms with E-state index in [4.69, 9.17) is 9.15 Å². The Kier molecular flexibility index (Phi) is 8.58. The summed E-state index contributed by atoms with van der Waals surface area (Å²) < 4.78 is 10.7. The van der Waals surface area contributed by atoms with Crippen LogP contribution in [0, 0.1) is 0 Å². The lowest BCUT2D eigenvalue weighted by atomic mass is 10.3. The molecular weight excluding hydrogens is 292 g/mol. The second-order valence-corrected chi connectivity index (χ2v) is 5.72. The van der Waals surface area contributed by atoms with Gasteiger partial charge in [0.1, 0.15) is 5.76 Å². The van der Waals surface area contributed by atoms with Gasteiger partial charge in [-0.25, -0.2) is 0 Å². The number of furan rings is 1. The van der Waals surface area contributed by atoms with E-state index < -0.39 is 0 Å². The summed E-state index contributed by atoms with van der Waals surface area (Å²) >= 11 is 0. The van der Waals surface area contributed by atoms with Crippen molar-refractivity contribution in [3.63, 3.8) is 0 Å². The summed E-state index contributed by atoms with van der Waals surface area (Å²) in [6.07, 6.45) is 4.75. The molecule has 2 N–H and O–H groups in total. The first-order chi connectivity index (χ1) is 11.4. The molecule has 0 radical (unpaired) electrons. The smallest absolute Gasteiger partial charge is 0.191 e. The van der Waals surface area contributed by atoms with Crippen molar-refractivity contribution in [2.24, 2.45) is 4.99 Å². The number of nitrogens with zero attached hydrogens (tertiary/aromatic N) is 2. The highest BCUT2D eigenvalue weighted by Gasteiger charge is 2.09. The summed E-state index contributed by atoms with van der Waals surface area (Å²) in [6, 6.07) is 3.92. The molecule has 6 nitrogen and oxygen atoms in total. The Morgan fingerprint density at radius 2 is 2.09 bits per heavy atom. The molecule has 1 aliphatic rings. The standard InChI is InChI=1S/C17H30N4O2/c1-2-7-18-17(20-9-6-16-5-3-13-23-16)19-8-4-10-21-11-14-22-15-12-21/h3,5,13H,2,4,6-12,14-15H2,1H3,(H2,18,19,20). The van der Waals surface area contributed by atoms with Crippen molar-refractivity contribution < 1.29 is 9.15 Å². The maximum atomic E-state index is 5.37. The van der Waals surface area contributed by atoms with Gasteiger partial charge in [-0.05, 0) is 31.5 Å². The van der Waals surface area contributed by atoms with Crippen molar-refractivity contribution in [1.82, 2.24) is 15.5 Å². The van der Waals surface area contributed by atoms with Crippen molar-refractivity contribution in [1.29, 1.82) is 0 Å². The van der Waals surface area contributed by atoms with E-state index >= 15 is 0 Å². The second-order valence-electron chi connectivity index (χ2n) is 5.72. The Labute approximate surface area is 139 Å². The molecule has 0 aliphatic carbocycles. The van der Waals surface area contributed by atoms with Gasteiger partial charge < -0.3 is 19.8 Å². The van der Waals surface area contributed by atoms with Crippen molar-refractivity contribution in [2.45, 2.75) is 26.2 Å². The number of rotatable bonds is 9. The van der Waals surface area contributed by atoms with Crippen LogP contribution in [0.15, 0.2) is 27.8 Å². The molecule has 1 saturated heterocycles. The molecular formula is C17H30N4O2. The van der Waals surface area contributed by atoms with E-state index in [1.54, 1.807) is 6.26 Å². The largest absolute Gasteiger partial charge is 0.469 e. The number of nitrogens with one attached hydrogen (secondary N) is 2. The lowest BCUT2D eigenvalue weighted by Gasteiger charge is -2.26. The monoisotopic (exact) mass is 322 g/mol. The van der Waals surface area contributed by atoms with E-state index in [0.717, 1.165) is 83.5 Å². The van der Waals surface area contributed by atoms with Gasteiger partial charge in [0.25, 0.3) is 0 Å². The fourth-order valence-electron chi connectivity index (χ4n) is 2.49. The minimum atomic E-state index is 0.826. The van der Waals surface area contributed by atoms with Crippen LogP contribution in [-0.4, -0.2) is 63.3 Å². The van der Waals surface area contributed by atoms with E-state index in [-0.39, 0.29) is 0 Å². The van der Waals surface area contributed by atoms with Gasteiger partial charge in [-0.15, -0.1) is 0 Å². The third kappa shape index (κ3) is 7.52. The Morgan fingerprint density at radius 3 is 2.83 bits per heavy atom. The second kappa shape index (κ2) is 11.1. The molecule has 6 heteroatoms. The van der Waals surface area contributed by atoms with Crippen LogP contribution in [0.2, 0.25) is 0 Å². The topological polar surface area (TPSA) is 62.0 Å². The predicted molar refractivity (Wildman–Crippen MR) is 92.9 cm³/mol. The SMILES string of the molecule is CCCN=C(NCCCN1CCOCC1)NCCc1ccco1. The zero-order valence-electron chi connectivity index (χ0n) is 14.2. The Hall–Kier alpha value is -1.53. The van der Waals surface area contributed by atoms with Gasteiger partial charge in [0.2, 0.25) is 0 Å². The number of aliphatic imine (C=N–C) groups is 1. The molecule has 1 aromatic heterocycles. The van der Waals surface area contributed by atoms with E-state index in [1.807, 2.05) is 12.1 Å². The molecule has 1 fully saturated rings. The molecule has 1 aliphatic heterocycles. The molecule has 23 heavy (non-hydrogen) atoms. The summed E-state index contributed by atoms with van der Waals surface area (Å²) in [5, 5.41) is 6.80. The lowest BCUT2D eigenvalue weighted by Crippen LogP contribution is -2.41. The minimum Gasteiger partial charge on any atom is -0.469 e. The molecule has 1 aromatic rings. The van der Waals surface area contributed by atoms with E-state index in [0.29, 0.717) is 0 Å². The van der Waals surface area contributed by atoms with Gasteiger partial charge in [0.05, 0.1) is 19.5 Å². The van der Waals surface area contributed by atoms with Crippen molar-refractivity contribution in [2.75, 3.05) is 52.5 Å². The Morgan fingerprint density at radius 1 is 1.26 bits per heavy atom. The van der Waals surface area contributed by atoms with Crippen LogP contribution in [0.1, 0.15) is 25.5 Å². The molecule has 0 aromatic carbocycles. The van der Waals surface area contributed by atoms with Crippen LogP contribution in [0.5, 0.6) is 0 Å². The number of hydrogen-bond donors (Lipinski definition) is 2. The molecule has 0 unspecified atom stereocenters. The van der Waals surface area contributed by atoms with Crippen LogP contribution >= 0.6 is 0 Å². The highest BCUT2D eigenvalue weighted by Crippen LogP contribution is 1.99. The average molecular weight is 322 g/mol. The molecule has 0 atom stereocenters. The number of hydrogen-bond acceptors (Lipinski definition) is 4. The zero-order valence-corrected chi connectivity index (χ0v) is 14.2. The van der Waals surface area contributed by atoms with Crippen LogP contribution in [0.3, 0.4) is 0 Å². The van der Waals surface area contributed by atoms with Gasteiger partial charge in [-0.1, -0.05) is 6.92 Å². The van der Waals surface area contributed by atoms with E-state index in [1.165, 1.54) is 0 Å². The highest BCUT2D eigenvalue weighted by molar-refractivity contribution is 5.79. The fraction of sp³-hybridized carbons (Fsp3) is 0.706. The third-order valence-corrected chi connectivity index (χ3v) is 3.78. The normalized spacial score (nSPS) is 16.5. The molecule has 0 bridgehead atoms. The third-order valence-electron chi connectivity index (χ3n) is 3.78. The molecule has 0 amide bonds. The van der Waals surface area contributed by atoms with Gasteiger partial charge in [-0.2, -0.15) is 0 Å². The zero-order chi connectivity index (χ0) is 16.2. The van der Waals surface area contributed by atoms with Crippen LogP contribution in [0.4, 0.5) is 0 Å². The first-order valence-corrected chi connectivity index (χ1v) is 8.73. The van der Waals surface area contributed by atoms with Crippen molar-refractivity contribution in [3.05, 3.63) is 24.2 Å². The Bertz CT molecular complexity index is 428. The quantitative estimate of drug-likeness (QED) is 0.410. The summed E-state index contributed by atoms with van der Waals surface area (Å²) in [5.41, 5.74) is 0. The fourth-order valence-corrected chi connectivity index (χ4v) is 2.49. The van der Waals surface area contributed by atoms with Crippen molar-refractivity contribution in [3.8, 4) is 0 Å². The summed E-state index contributed by atoms with van der Waals surface area (Å²) in [6.45, 7) is 9.71. The number of morpholine rings is 1. The van der Waals surface area contributed by atoms with Gasteiger partial charge in [0.15, 0.2) is 5.96 Å². The number of guanidine groups is 1. The Balaban J connectivity index is 1.61. The molecule has 2 rings (SSSR count). The molecule has 0 spiro atoms. The van der Waals surface area contributed by atoms with Crippen LogP contribution in [0.25, 0.3) is 0 Å². The van der Waals surface area contributed by atoms with Crippen LogP contribution < -0.4 is 10.6 Å². The molecule has 2 heterocycles. The molecule has 0 saturated carbocycles. The highest BCUT2D eigenvalue weighted by atomic mass is 16.5. The van der Waals surface area contributed by atoms with E-state index in [9.17, 15) is 0 Å². The summed E-state index contributed by atoms with van der Waals surface area (Å²) in [5.74, 6) is 1.90. The lowest BCUT2D eigenvalue weighted by molar-refractivity contribution is 0.0376. The maximum absolute atomic E-state index is 5.37. The first-order valence-electron chi connectivity index (χ1n) is 8.73. The van der Waals surface area contributed by atoms with Gasteiger partial charge in [0, 0.05) is 39.1 Å². The van der Waals surface area contributed by atoms with Gasteiger partial charge >= 0.3 is 0 Å². The molecule has 130 valence electrons. The van der Waals surface area contributed by atoms with Gasteiger partial charge in [-0.3, -0.25) is 9.89 Å². The van der Waals surface area contributed by atoms with Crippen molar-refractivity contribution >= 4 is 5.96 Å². The maximum Gasteiger partial charge on any atom is 0.191 e. The van der Waals surface area contributed by atoms with E-state index in [2.05, 4.69) is 27.4 Å². The summed E-state index contributed by atoms with van der Waals surface area (Å²) in [4.78, 5) is 7.03. The first kappa shape index (κ1) is 17.8. The minimum absolute atomic E-state index is 0.826.